The van der Waals surface area contributed by atoms with Gasteiger partial charge in [0.2, 0.25) is 0 Å². The van der Waals surface area contributed by atoms with Gasteiger partial charge in [-0.1, -0.05) is 6.08 Å². The minimum absolute atomic E-state index is 0.0408. The summed E-state index contributed by atoms with van der Waals surface area (Å²) in [5.74, 6) is -0.582. The number of hydrogen-bond acceptors (Lipinski definition) is 5. The van der Waals surface area contributed by atoms with E-state index in [1.807, 2.05) is 18.2 Å². The van der Waals surface area contributed by atoms with E-state index in [4.69, 9.17) is 5.11 Å². The lowest BCUT2D eigenvalue weighted by Gasteiger charge is -2.38. The van der Waals surface area contributed by atoms with Crippen LogP contribution in [-0.2, 0) is 9.59 Å². The van der Waals surface area contributed by atoms with Crippen LogP contribution in [0.2, 0.25) is 0 Å². The number of nitrogens with one attached hydrogen (secondary N) is 1. The van der Waals surface area contributed by atoms with Crippen LogP contribution in [0.3, 0.4) is 0 Å². The zero-order chi connectivity index (χ0) is 16.0. The topological polar surface area (TPSA) is 72.9 Å². The average Bonchev–Trinajstić information content (AvgIpc) is 2.59. The van der Waals surface area contributed by atoms with E-state index in [0.717, 1.165) is 42.3 Å². The van der Waals surface area contributed by atoms with Crippen molar-refractivity contribution in [2.45, 2.75) is 6.42 Å². The number of aliphatic hydroxyl groups is 1. The molecule has 0 aromatic rings. The normalized spacial score (nSPS) is 23.8. The fourth-order valence-corrected chi connectivity index (χ4v) is 3.64. The van der Waals surface area contributed by atoms with Crippen molar-refractivity contribution in [1.29, 1.82) is 0 Å². The summed E-state index contributed by atoms with van der Waals surface area (Å²) in [4.78, 5) is 28.6. The van der Waals surface area contributed by atoms with Gasteiger partial charge in [-0.3, -0.25) is 14.5 Å². The van der Waals surface area contributed by atoms with Gasteiger partial charge in [0.15, 0.2) is 0 Å². The Labute approximate surface area is 134 Å². The van der Waals surface area contributed by atoms with Gasteiger partial charge >= 0.3 is 0 Å². The molecule has 23 heavy (non-hydrogen) atoms. The summed E-state index contributed by atoms with van der Waals surface area (Å²) < 4.78 is 0. The molecule has 0 unspecified atom stereocenters. The molecule has 2 aliphatic carbocycles. The predicted octanol–water partition coefficient (Wildman–Crippen LogP) is -0.297. The van der Waals surface area contributed by atoms with Gasteiger partial charge in [0, 0.05) is 49.4 Å². The summed E-state index contributed by atoms with van der Waals surface area (Å²) >= 11 is 0. The van der Waals surface area contributed by atoms with Gasteiger partial charge in [-0.05, 0) is 23.3 Å². The standard InChI is InChI=1S/C17H19N3O3/c21-8-7-20-16(22)12-2-1-11-9-13(12)14(17(20)23)10-15(11)19-5-3-18-4-6-19/h1-2,10,18,21H,3-9H2. The van der Waals surface area contributed by atoms with Gasteiger partial charge in [-0.2, -0.15) is 0 Å². The largest absolute Gasteiger partial charge is 0.395 e. The smallest absolute Gasteiger partial charge is 0.261 e. The van der Waals surface area contributed by atoms with E-state index in [0.29, 0.717) is 17.6 Å². The molecule has 2 N–H and O–H groups in total. The lowest BCUT2D eigenvalue weighted by Crippen LogP contribution is -2.47. The third-order valence-corrected chi connectivity index (χ3v) is 4.81. The molecule has 4 aliphatic rings. The van der Waals surface area contributed by atoms with Crippen molar-refractivity contribution in [3.63, 3.8) is 0 Å². The first-order valence-corrected chi connectivity index (χ1v) is 8.00. The second kappa shape index (κ2) is 5.47. The molecule has 0 aromatic heterocycles. The quantitative estimate of drug-likeness (QED) is 0.700. The number of amides is 2. The van der Waals surface area contributed by atoms with E-state index in [2.05, 4.69) is 10.2 Å². The number of rotatable bonds is 3. The number of aliphatic hydroxyl groups excluding tert-OH is 1. The first-order valence-electron chi connectivity index (χ1n) is 8.00. The van der Waals surface area contributed by atoms with E-state index >= 15 is 0 Å². The van der Waals surface area contributed by atoms with Crippen LogP contribution in [0.1, 0.15) is 6.42 Å². The maximum atomic E-state index is 12.7. The lowest BCUT2D eigenvalue weighted by atomic mass is 9.80. The van der Waals surface area contributed by atoms with Crippen LogP contribution in [0.15, 0.2) is 46.2 Å². The number of carbonyl (C=O) groups excluding carboxylic acids is 2. The Balaban J connectivity index is 1.78. The van der Waals surface area contributed by atoms with Crippen LogP contribution >= 0.6 is 0 Å². The number of hydrogen-bond donors (Lipinski definition) is 2. The molecule has 0 saturated carbocycles. The highest BCUT2D eigenvalue weighted by atomic mass is 16.3. The fraction of sp³-hybridized carbons (Fsp3) is 0.412. The van der Waals surface area contributed by atoms with E-state index in [1.54, 1.807) is 0 Å². The third-order valence-electron chi connectivity index (χ3n) is 4.81. The Morgan fingerprint density at radius 1 is 1.13 bits per heavy atom. The van der Waals surface area contributed by atoms with Gasteiger partial charge in [0.1, 0.15) is 0 Å². The monoisotopic (exact) mass is 313 g/mol. The Kier molecular flexibility index (Phi) is 3.43. The summed E-state index contributed by atoms with van der Waals surface area (Å²) in [5, 5.41) is 12.5. The summed E-state index contributed by atoms with van der Waals surface area (Å²) in [5.41, 5.74) is 4.30. The molecule has 120 valence electrons. The molecular weight excluding hydrogens is 294 g/mol. The SMILES string of the molecule is O=C1C2=CC(N3CCNCC3)=C3C=CC(=C2C3)C(=O)N1CCO. The summed E-state index contributed by atoms with van der Waals surface area (Å²) in [6, 6.07) is 0. The van der Waals surface area contributed by atoms with Gasteiger partial charge in [-0.25, -0.2) is 0 Å². The second-order valence-corrected chi connectivity index (χ2v) is 6.09. The van der Waals surface area contributed by atoms with Crippen LogP contribution in [0.25, 0.3) is 0 Å². The highest BCUT2D eigenvalue weighted by Gasteiger charge is 2.39. The molecule has 0 spiro atoms. The third kappa shape index (κ3) is 2.17. The van der Waals surface area contributed by atoms with Gasteiger partial charge in [0.05, 0.1) is 13.2 Å². The van der Waals surface area contributed by atoms with Gasteiger partial charge in [-0.15, -0.1) is 0 Å². The summed E-state index contributed by atoms with van der Waals surface area (Å²) in [6.45, 7) is 3.51. The summed E-state index contributed by atoms with van der Waals surface area (Å²) in [7, 11) is 0. The Bertz CT molecular complexity index is 709. The molecule has 0 aromatic carbocycles. The molecule has 1 fully saturated rings. The fourth-order valence-electron chi connectivity index (χ4n) is 3.64. The molecule has 4 rings (SSSR count). The lowest BCUT2D eigenvalue weighted by molar-refractivity contribution is -0.141. The Hall–Kier alpha value is -2.18. The number of allylic oxidation sites excluding steroid dienone is 3. The maximum absolute atomic E-state index is 12.7. The molecular formula is C17H19N3O3. The van der Waals surface area contributed by atoms with Crippen LogP contribution in [0, 0.1) is 0 Å². The van der Waals surface area contributed by atoms with E-state index in [1.165, 1.54) is 5.57 Å². The van der Waals surface area contributed by atoms with Crippen LogP contribution in [0.5, 0.6) is 0 Å². The summed E-state index contributed by atoms with van der Waals surface area (Å²) in [6.07, 6.45) is 6.39. The van der Waals surface area contributed by atoms with Gasteiger partial charge < -0.3 is 15.3 Å². The number of imide groups is 1. The Morgan fingerprint density at radius 3 is 2.65 bits per heavy atom. The van der Waals surface area contributed by atoms with Crippen molar-refractivity contribution in [3.8, 4) is 0 Å². The van der Waals surface area contributed by atoms with E-state index < -0.39 is 0 Å². The number of carbonyl (C=O) groups is 2. The number of piperazine rings is 1. The van der Waals surface area contributed by atoms with Crippen molar-refractivity contribution in [2.24, 2.45) is 0 Å². The van der Waals surface area contributed by atoms with E-state index in [-0.39, 0.29) is 25.0 Å². The highest BCUT2D eigenvalue weighted by molar-refractivity contribution is 6.18. The molecule has 2 amide bonds. The van der Waals surface area contributed by atoms with Crippen LogP contribution < -0.4 is 5.32 Å². The molecule has 1 saturated heterocycles. The van der Waals surface area contributed by atoms with Crippen molar-refractivity contribution in [2.75, 3.05) is 39.3 Å². The molecule has 2 heterocycles. The molecule has 6 heteroatoms. The average molecular weight is 313 g/mol. The highest BCUT2D eigenvalue weighted by Crippen LogP contribution is 2.40. The van der Waals surface area contributed by atoms with Crippen molar-refractivity contribution < 1.29 is 14.7 Å². The van der Waals surface area contributed by atoms with Crippen LogP contribution in [0.4, 0.5) is 0 Å². The molecule has 6 nitrogen and oxygen atoms in total. The number of β-amino-alcohol motifs (C(OH)–C–C–N with tert-alkyl or cyclic N) is 1. The zero-order valence-electron chi connectivity index (χ0n) is 12.8. The molecule has 0 atom stereocenters. The minimum atomic E-state index is -0.294. The first-order chi connectivity index (χ1) is 11.2. The molecule has 2 bridgehead atoms. The zero-order valence-corrected chi connectivity index (χ0v) is 12.8. The maximum Gasteiger partial charge on any atom is 0.261 e. The molecule has 2 aliphatic heterocycles. The predicted molar refractivity (Wildman–Crippen MR) is 84.1 cm³/mol. The number of nitrogens with zero attached hydrogens (tertiary/aromatic N) is 2. The Morgan fingerprint density at radius 2 is 1.91 bits per heavy atom. The van der Waals surface area contributed by atoms with Crippen molar-refractivity contribution in [1.82, 2.24) is 15.1 Å². The van der Waals surface area contributed by atoms with Gasteiger partial charge in [0.25, 0.3) is 11.8 Å². The minimum Gasteiger partial charge on any atom is -0.395 e. The van der Waals surface area contributed by atoms with Crippen LogP contribution in [-0.4, -0.2) is 66.1 Å². The second-order valence-electron chi connectivity index (χ2n) is 6.09. The number of fused-ring (bicyclic) bond motifs is 1. The first kappa shape index (κ1) is 14.4. The van der Waals surface area contributed by atoms with E-state index in [9.17, 15) is 9.59 Å². The van der Waals surface area contributed by atoms with Crippen molar-refractivity contribution >= 4 is 11.8 Å². The van der Waals surface area contributed by atoms with Crippen molar-refractivity contribution in [3.05, 3.63) is 46.2 Å². The molecule has 0 radical (unpaired) electrons.